The maximum atomic E-state index is 8.62. The van der Waals surface area contributed by atoms with Gasteiger partial charge in [-0.3, -0.25) is 0 Å². The normalized spacial score (nSPS) is 11.5. The quantitative estimate of drug-likeness (QED) is 0.495. The van der Waals surface area contributed by atoms with Crippen LogP contribution in [-0.4, -0.2) is 17.5 Å². The molecule has 0 aliphatic carbocycles. The molecule has 0 aliphatic heterocycles. The molecule has 1 aromatic carbocycles. The van der Waals surface area contributed by atoms with Crippen molar-refractivity contribution in [3.8, 4) is 5.75 Å². The number of oxime groups is 1. The van der Waals surface area contributed by atoms with Gasteiger partial charge in [0.05, 0.1) is 12.3 Å². The Morgan fingerprint density at radius 3 is 2.63 bits per heavy atom. The second-order valence-electron chi connectivity index (χ2n) is 4.39. The first-order chi connectivity index (χ1) is 9.28. The maximum absolute atomic E-state index is 8.62. The molecule has 19 heavy (non-hydrogen) atoms. The highest BCUT2D eigenvalue weighted by Crippen LogP contribution is 2.14. The second kappa shape index (κ2) is 6.95. The highest BCUT2D eigenvalue weighted by molar-refractivity contribution is 7.07. The molecule has 3 nitrogen and oxygen atoms in total. The molecule has 0 fully saturated rings. The first-order valence-electron chi connectivity index (χ1n) is 6.18. The van der Waals surface area contributed by atoms with Crippen LogP contribution in [0.3, 0.4) is 0 Å². The summed E-state index contributed by atoms with van der Waals surface area (Å²) in [5.74, 6) is 0.873. The van der Waals surface area contributed by atoms with Crippen LogP contribution in [0.15, 0.2) is 46.2 Å². The molecule has 1 N–H and O–H groups in total. The van der Waals surface area contributed by atoms with Crippen LogP contribution in [0.4, 0.5) is 0 Å². The summed E-state index contributed by atoms with van der Waals surface area (Å²) in [6, 6.07) is 10.0. The zero-order valence-electron chi connectivity index (χ0n) is 10.9. The minimum absolute atomic E-state index is 0.658. The van der Waals surface area contributed by atoms with E-state index in [2.05, 4.69) is 22.0 Å². The van der Waals surface area contributed by atoms with Crippen molar-refractivity contribution < 1.29 is 9.94 Å². The van der Waals surface area contributed by atoms with Crippen LogP contribution >= 0.6 is 11.3 Å². The topological polar surface area (TPSA) is 41.8 Å². The Hall–Kier alpha value is -1.81. The second-order valence-corrected chi connectivity index (χ2v) is 5.17. The Kier molecular flexibility index (Phi) is 4.98. The monoisotopic (exact) mass is 275 g/mol. The molecule has 0 radical (unpaired) electrons. The molecule has 0 bridgehead atoms. The fourth-order valence-electron chi connectivity index (χ4n) is 1.76. The number of hydrogen-bond acceptors (Lipinski definition) is 4. The maximum Gasteiger partial charge on any atom is 0.119 e. The summed E-state index contributed by atoms with van der Waals surface area (Å²) >= 11 is 1.71. The smallest absolute Gasteiger partial charge is 0.119 e. The van der Waals surface area contributed by atoms with Crippen LogP contribution < -0.4 is 4.74 Å². The molecule has 0 unspecified atom stereocenters. The minimum atomic E-state index is 0.658. The first-order valence-corrected chi connectivity index (χ1v) is 7.12. The lowest BCUT2D eigenvalue weighted by atomic mass is 10.1. The third-order valence-electron chi connectivity index (χ3n) is 2.79. The fraction of sp³-hybridized carbons (Fsp3) is 0.267. The lowest BCUT2D eigenvalue weighted by molar-refractivity contribution is 0.317. The van der Waals surface area contributed by atoms with Gasteiger partial charge in [-0.25, -0.2) is 0 Å². The molecule has 4 heteroatoms. The molecule has 0 amide bonds. The molecule has 0 saturated carbocycles. The molecule has 0 saturated heterocycles. The molecular formula is C15H17NO2S. The molecule has 0 aliphatic rings. The van der Waals surface area contributed by atoms with E-state index in [-0.39, 0.29) is 0 Å². The van der Waals surface area contributed by atoms with E-state index < -0.39 is 0 Å². The molecule has 1 heterocycles. The Labute approximate surface area is 117 Å². The van der Waals surface area contributed by atoms with Crippen LogP contribution in [0.2, 0.25) is 0 Å². The van der Waals surface area contributed by atoms with Gasteiger partial charge in [0.25, 0.3) is 0 Å². The minimum Gasteiger partial charge on any atom is -0.493 e. The standard InChI is InChI=1S/C15H17NO2S/c1-12(16-17)10-13-2-4-15(5-3-13)18-8-6-14-7-9-19-11-14/h2-5,7,9,11,17H,6,8,10H2,1H3/b16-12-. The lowest BCUT2D eigenvalue weighted by Crippen LogP contribution is -2.01. The van der Waals surface area contributed by atoms with Crippen LogP contribution in [0.1, 0.15) is 18.1 Å². The van der Waals surface area contributed by atoms with Crippen molar-refractivity contribution in [1.29, 1.82) is 0 Å². The molecule has 2 aromatic rings. The predicted molar refractivity (Wildman–Crippen MR) is 78.6 cm³/mol. The number of benzene rings is 1. The number of hydrogen-bond donors (Lipinski definition) is 1. The Balaban J connectivity index is 1.81. The number of rotatable bonds is 6. The van der Waals surface area contributed by atoms with Crippen molar-refractivity contribution in [2.75, 3.05) is 6.61 Å². The SMILES string of the molecule is C/C(Cc1ccc(OCCc2ccsc2)cc1)=N/O. The van der Waals surface area contributed by atoms with Gasteiger partial charge in [-0.15, -0.1) is 0 Å². The Morgan fingerprint density at radius 2 is 2.00 bits per heavy atom. The van der Waals surface area contributed by atoms with Gasteiger partial charge < -0.3 is 9.94 Å². The van der Waals surface area contributed by atoms with Gasteiger partial charge in [-0.2, -0.15) is 11.3 Å². The van der Waals surface area contributed by atoms with Crippen LogP contribution in [0, 0.1) is 0 Å². The van der Waals surface area contributed by atoms with E-state index in [1.807, 2.05) is 24.3 Å². The van der Waals surface area contributed by atoms with Crippen molar-refractivity contribution in [1.82, 2.24) is 0 Å². The Bertz CT molecular complexity index is 518. The van der Waals surface area contributed by atoms with Crippen molar-refractivity contribution in [2.24, 2.45) is 5.16 Å². The van der Waals surface area contributed by atoms with Crippen molar-refractivity contribution in [2.45, 2.75) is 19.8 Å². The van der Waals surface area contributed by atoms with Crippen molar-refractivity contribution in [3.63, 3.8) is 0 Å². The van der Waals surface area contributed by atoms with E-state index in [1.54, 1.807) is 18.3 Å². The average Bonchev–Trinajstić information content (AvgIpc) is 2.94. The summed E-state index contributed by atoms with van der Waals surface area (Å²) in [6.07, 6.45) is 1.59. The number of ether oxygens (including phenoxy) is 1. The van der Waals surface area contributed by atoms with E-state index in [0.29, 0.717) is 18.7 Å². The zero-order chi connectivity index (χ0) is 13.5. The molecule has 0 spiro atoms. The van der Waals surface area contributed by atoms with Gasteiger partial charge in [-0.05, 0) is 47.0 Å². The van der Waals surface area contributed by atoms with Gasteiger partial charge >= 0.3 is 0 Å². The first kappa shape index (κ1) is 13.6. The van der Waals surface area contributed by atoms with E-state index in [9.17, 15) is 0 Å². The van der Waals surface area contributed by atoms with E-state index >= 15 is 0 Å². The van der Waals surface area contributed by atoms with E-state index in [0.717, 1.165) is 17.7 Å². The highest BCUT2D eigenvalue weighted by Gasteiger charge is 1.99. The van der Waals surface area contributed by atoms with Crippen LogP contribution in [-0.2, 0) is 12.8 Å². The Morgan fingerprint density at radius 1 is 1.21 bits per heavy atom. The third kappa shape index (κ3) is 4.41. The van der Waals surface area contributed by atoms with Crippen LogP contribution in [0.5, 0.6) is 5.75 Å². The zero-order valence-corrected chi connectivity index (χ0v) is 11.7. The van der Waals surface area contributed by atoms with Gasteiger partial charge in [-0.1, -0.05) is 17.3 Å². The summed E-state index contributed by atoms with van der Waals surface area (Å²) in [5.41, 5.74) is 3.13. The van der Waals surface area contributed by atoms with Crippen molar-refractivity contribution in [3.05, 3.63) is 52.2 Å². The molecule has 100 valence electrons. The molecular weight excluding hydrogens is 258 g/mol. The van der Waals surface area contributed by atoms with Gasteiger partial charge in [0.2, 0.25) is 0 Å². The summed E-state index contributed by atoms with van der Waals surface area (Å²) in [6.45, 7) is 2.48. The van der Waals surface area contributed by atoms with Gasteiger partial charge in [0.15, 0.2) is 0 Å². The van der Waals surface area contributed by atoms with Crippen molar-refractivity contribution >= 4 is 17.0 Å². The fourth-order valence-corrected chi connectivity index (χ4v) is 2.46. The summed E-state index contributed by atoms with van der Waals surface area (Å²) < 4.78 is 5.69. The largest absolute Gasteiger partial charge is 0.493 e. The molecule has 2 rings (SSSR count). The summed E-state index contributed by atoms with van der Waals surface area (Å²) in [4.78, 5) is 0. The summed E-state index contributed by atoms with van der Waals surface area (Å²) in [5, 5.41) is 16.0. The lowest BCUT2D eigenvalue weighted by Gasteiger charge is -2.06. The predicted octanol–water partition coefficient (Wildman–Crippen LogP) is 3.76. The van der Waals surface area contributed by atoms with Gasteiger partial charge in [0.1, 0.15) is 5.75 Å². The highest BCUT2D eigenvalue weighted by atomic mass is 32.1. The molecule has 0 atom stereocenters. The third-order valence-corrected chi connectivity index (χ3v) is 3.53. The van der Waals surface area contributed by atoms with Gasteiger partial charge in [0, 0.05) is 12.8 Å². The summed E-state index contributed by atoms with van der Waals surface area (Å²) in [7, 11) is 0. The molecule has 1 aromatic heterocycles. The average molecular weight is 275 g/mol. The van der Waals surface area contributed by atoms with E-state index in [4.69, 9.17) is 9.94 Å². The van der Waals surface area contributed by atoms with Crippen LogP contribution in [0.25, 0.3) is 0 Å². The van der Waals surface area contributed by atoms with E-state index in [1.165, 1.54) is 5.56 Å². The number of thiophene rings is 1. The number of nitrogens with zero attached hydrogens (tertiary/aromatic N) is 1.